The SMILES string of the molecule is O=C(O)c1cc(C(=O)N2CCC(c3ccccc3)CC2)cc([N+](=O)[O-])c1. The number of benzene rings is 2. The van der Waals surface area contributed by atoms with E-state index in [1.807, 2.05) is 18.2 Å². The Hall–Kier alpha value is -3.22. The van der Waals surface area contributed by atoms with E-state index < -0.39 is 16.6 Å². The van der Waals surface area contributed by atoms with Crippen LogP contribution in [0.5, 0.6) is 0 Å². The van der Waals surface area contributed by atoms with Gasteiger partial charge in [-0.3, -0.25) is 14.9 Å². The number of carboxylic acid groups (broad SMARTS) is 1. The third-order valence-electron chi connectivity index (χ3n) is 4.68. The number of aromatic carboxylic acids is 1. The molecule has 0 atom stereocenters. The van der Waals surface area contributed by atoms with E-state index in [0.29, 0.717) is 19.0 Å². The third-order valence-corrected chi connectivity index (χ3v) is 4.68. The van der Waals surface area contributed by atoms with Gasteiger partial charge in [-0.25, -0.2) is 4.79 Å². The number of carbonyl (C=O) groups is 2. The lowest BCUT2D eigenvalue weighted by atomic mass is 9.89. The first kappa shape index (κ1) is 17.6. The van der Waals surface area contributed by atoms with Gasteiger partial charge in [0.15, 0.2) is 0 Å². The second-order valence-corrected chi connectivity index (χ2v) is 6.31. The van der Waals surface area contributed by atoms with Crippen LogP contribution in [0, 0.1) is 10.1 Å². The number of nitro benzene ring substituents is 1. The summed E-state index contributed by atoms with van der Waals surface area (Å²) in [6, 6.07) is 13.4. The number of carboxylic acids is 1. The first-order valence-corrected chi connectivity index (χ1v) is 8.32. The molecule has 0 saturated carbocycles. The monoisotopic (exact) mass is 354 g/mol. The summed E-state index contributed by atoms with van der Waals surface area (Å²) < 4.78 is 0. The van der Waals surface area contributed by atoms with Crippen molar-refractivity contribution in [3.8, 4) is 0 Å². The third kappa shape index (κ3) is 3.72. The summed E-state index contributed by atoms with van der Waals surface area (Å²) in [5, 5.41) is 20.1. The molecule has 0 bridgehead atoms. The van der Waals surface area contributed by atoms with Crippen LogP contribution in [0.3, 0.4) is 0 Å². The molecule has 0 aliphatic carbocycles. The zero-order valence-electron chi connectivity index (χ0n) is 14.0. The molecule has 2 aromatic rings. The van der Waals surface area contributed by atoms with Crippen LogP contribution in [0.1, 0.15) is 45.0 Å². The Labute approximate surface area is 150 Å². The van der Waals surface area contributed by atoms with E-state index in [1.54, 1.807) is 4.90 Å². The summed E-state index contributed by atoms with van der Waals surface area (Å²) in [5.41, 5.74) is 0.618. The first-order chi connectivity index (χ1) is 12.5. The first-order valence-electron chi connectivity index (χ1n) is 8.32. The summed E-state index contributed by atoms with van der Waals surface area (Å²) >= 11 is 0. The molecule has 1 aliphatic heterocycles. The van der Waals surface area contributed by atoms with Crippen LogP contribution >= 0.6 is 0 Å². The van der Waals surface area contributed by atoms with Crippen LogP contribution in [-0.4, -0.2) is 39.9 Å². The van der Waals surface area contributed by atoms with E-state index in [2.05, 4.69) is 12.1 Å². The fourth-order valence-corrected chi connectivity index (χ4v) is 3.29. The highest BCUT2D eigenvalue weighted by Crippen LogP contribution is 2.29. The molecule has 3 rings (SSSR count). The van der Waals surface area contributed by atoms with Gasteiger partial charge in [-0.1, -0.05) is 30.3 Å². The van der Waals surface area contributed by atoms with Crippen molar-refractivity contribution in [2.45, 2.75) is 18.8 Å². The van der Waals surface area contributed by atoms with E-state index >= 15 is 0 Å². The van der Waals surface area contributed by atoms with Crippen LogP contribution in [0.2, 0.25) is 0 Å². The number of carbonyl (C=O) groups excluding carboxylic acids is 1. The molecule has 1 saturated heterocycles. The molecule has 0 spiro atoms. The number of hydrogen-bond acceptors (Lipinski definition) is 4. The summed E-state index contributed by atoms with van der Waals surface area (Å²) in [6.07, 6.45) is 1.60. The molecule has 7 heteroatoms. The number of nitro groups is 1. The number of nitrogens with zero attached hydrogens (tertiary/aromatic N) is 2. The van der Waals surface area contributed by atoms with Gasteiger partial charge < -0.3 is 10.0 Å². The highest BCUT2D eigenvalue weighted by Gasteiger charge is 2.26. The molecule has 1 aliphatic rings. The maximum Gasteiger partial charge on any atom is 0.335 e. The molecule has 0 aromatic heterocycles. The Morgan fingerprint density at radius 3 is 2.23 bits per heavy atom. The normalized spacial score (nSPS) is 14.8. The predicted octanol–water partition coefficient (Wildman–Crippen LogP) is 3.31. The number of hydrogen-bond donors (Lipinski definition) is 1. The van der Waals surface area contributed by atoms with Crippen molar-refractivity contribution < 1.29 is 19.6 Å². The Morgan fingerprint density at radius 2 is 1.65 bits per heavy atom. The minimum absolute atomic E-state index is 0.0368. The van der Waals surface area contributed by atoms with E-state index in [-0.39, 0.29) is 17.0 Å². The van der Waals surface area contributed by atoms with Gasteiger partial charge in [0.1, 0.15) is 0 Å². The fraction of sp³-hybridized carbons (Fsp3) is 0.263. The van der Waals surface area contributed by atoms with Gasteiger partial charge in [0.2, 0.25) is 0 Å². The molecule has 26 heavy (non-hydrogen) atoms. The van der Waals surface area contributed by atoms with Gasteiger partial charge in [0, 0.05) is 30.8 Å². The average Bonchev–Trinajstić information content (AvgIpc) is 2.67. The molecule has 0 radical (unpaired) electrons. The molecule has 1 N–H and O–H groups in total. The minimum Gasteiger partial charge on any atom is -0.478 e. The van der Waals surface area contributed by atoms with E-state index in [4.69, 9.17) is 5.11 Å². The average molecular weight is 354 g/mol. The van der Waals surface area contributed by atoms with Crippen LogP contribution in [0.15, 0.2) is 48.5 Å². The van der Waals surface area contributed by atoms with E-state index in [1.165, 1.54) is 11.6 Å². The number of amides is 1. The summed E-state index contributed by atoms with van der Waals surface area (Å²) in [4.78, 5) is 35.8. The molecule has 7 nitrogen and oxygen atoms in total. The molecule has 134 valence electrons. The van der Waals surface area contributed by atoms with Crippen LogP contribution in [0.4, 0.5) is 5.69 Å². The molecule has 2 aromatic carbocycles. The highest BCUT2D eigenvalue weighted by atomic mass is 16.6. The number of rotatable bonds is 4. The Bertz CT molecular complexity index is 810. The largest absolute Gasteiger partial charge is 0.478 e. The maximum absolute atomic E-state index is 12.7. The van der Waals surface area contributed by atoms with Gasteiger partial charge in [-0.15, -0.1) is 0 Å². The quantitative estimate of drug-likeness (QED) is 0.670. The Morgan fingerprint density at radius 1 is 1.04 bits per heavy atom. The summed E-state index contributed by atoms with van der Waals surface area (Å²) in [5.74, 6) is -1.30. The second kappa shape index (κ2) is 7.35. The molecular formula is C19H18N2O5. The summed E-state index contributed by atoms with van der Waals surface area (Å²) in [7, 11) is 0. The van der Waals surface area contributed by atoms with Gasteiger partial charge in [0.05, 0.1) is 10.5 Å². The van der Waals surface area contributed by atoms with Crippen LogP contribution < -0.4 is 0 Å². The Kier molecular flexibility index (Phi) is 4.97. The molecular weight excluding hydrogens is 336 g/mol. The van der Waals surface area contributed by atoms with E-state index in [9.17, 15) is 19.7 Å². The van der Waals surface area contributed by atoms with Gasteiger partial charge in [0.25, 0.3) is 11.6 Å². The smallest absolute Gasteiger partial charge is 0.335 e. The van der Waals surface area contributed by atoms with Gasteiger partial charge in [-0.05, 0) is 30.4 Å². The number of piperidine rings is 1. The number of non-ortho nitro benzene ring substituents is 1. The van der Waals surface area contributed by atoms with Gasteiger partial charge in [-0.2, -0.15) is 0 Å². The molecule has 1 amide bonds. The zero-order chi connectivity index (χ0) is 18.7. The van der Waals surface area contributed by atoms with Crippen molar-refractivity contribution in [1.82, 2.24) is 4.90 Å². The topological polar surface area (TPSA) is 101 Å². The fourth-order valence-electron chi connectivity index (χ4n) is 3.29. The second-order valence-electron chi connectivity index (χ2n) is 6.31. The van der Waals surface area contributed by atoms with Crippen molar-refractivity contribution in [2.75, 3.05) is 13.1 Å². The molecule has 1 heterocycles. The number of likely N-dealkylation sites (tertiary alicyclic amines) is 1. The minimum atomic E-state index is -1.30. The van der Waals surface area contributed by atoms with Crippen LogP contribution in [-0.2, 0) is 0 Å². The predicted molar refractivity (Wildman–Crippen MR) is 94.4 cm³/mol. The van der Waals surface area contributed by atoms with Crippen molar-refractivity contribution in [3.05, 3.63) is 75.3 Å². The van der Waals surface area contributed by atoms with Crippen molar-refractivity contribution in [1.29, 1.82) is 0 Å². The summed E-state index contributed by atoms with van der Waals surface area (Å²) in [6.45, 7) is 1.06. The van der Waals surface area contributed by atoms with Gasteiger partial charge >= 0.3 is 5.97 Å². The van der Waals surface area contributed by atoms with Crippen molar-refractivity contribution in [2.24, 2.45) is 0 Å². The lowest BCUT2D eigenvalue weighted by molar-refractivity contribution is -0.384. The Balaban J connectivity index is 1.76. The standard InChI is InChI=1S/C19H18N2O5/c22-18(15-10-16(19(23)24)12-17(11-15)21(25)26)20-8-6-14(7-9-20)13-4-2-1-3-5-13/h1-5,10-12,14H,6-9H2,(H,23,24). The highest BCUT2D eigenvalue weighted by molar-refractivity contribution is 5.98. The lowest BCUT2D eigenvalue weighted by Crippen LogP contribution is -2.38. The lowest BCUT2D eigenvalue weighted by Gasteiger charge is -2.32. The zero-order valence-corrected chi connectivity index (χ0v) is 14.0. The van der Waals surface area contributed by atoms with E-state index in [0.717, 1.165) is 25.0 Å². The van der Waals surface area contributed by atoms with Crippen molar-refractivity contribution >= 4 is 17.6 Å². The van der Waals surface area contributed by atoms with Crippen LogP contribution in [0.25, 0.3) is 0 Å². The van der Waals surface area contributed by atoms with Crippen molar-refractivity contribution in [3.63, 3.8) is 0 Å². The maximum atomic E-state index is 12.7. The molecule has 1 fully saturated rings. The molecule has 0 unspecified atom stereocenters.